The van der Waals surface area contributed by atoms with E-state index >= 15 is 0 Å². The van der Waals surface area contributed by atoms with Gasteiger partial charge in [-0.25, -0.2) is 9.78 Å². The summed E-state index contributed by atoms with van der Waals surface area (Å²) in [5, 5.41) is 15.7. The Morgan fingerprint density at radius 2 is 2.05 bits per heavy atom. The van der Waals surface area contributed by atoms with Gasteiger partial charge >= 0.3 is 5.97 Å². The Labute approximate surface area is 126 Å². The molecule has 116 valence electrons. The largest absolute Gasteiger partial charge is 0.481 e. The van der Waals surface area contributed by atoms with Crippen LogP contribution in [0.5, 0.6) is 5.88 Å². The van der Waals surface area contributed by atoms with Gasteiger partial charge in [0.05, 0.1) is 24.6 Å². The SMILES string of the molecule is COc1ccc(C(=O)Nc2cnn(C(C)(C)C(=O)O)c2)cn1. The fraction of sp³-hybridized carbons (Fsp3) is 0.286. The van der Waals surface area contributed by atoms with Gasteiger partial charge in [0.15, 0.2) is 5.54 Å². The Morgan fingerprint density at radius 3 is 2.59 bits per heavy atom. The number of rotatable bonds is 5. The van der Waals surface area contributed by atoms with Gasteiger partial charge in [0.2, 0.25) is 5.88 Å². The lowest BCUT2D eigenvalue weighted by molar-refractivity contribution is -0.146. The summed E-state index contributed by atoms with van der Waals surface area (Å²) in [5.74, 6) is -0.983. The van der Waals surface area contributed by atoms with Crippen molar-refractivity contribution in [3.05, 3.63) is 36.3 Å². The molecule has 2 aromatic heterocycles. The topological polar surface area (TPSA) is 106 Å². The van der Waals surface area contributed by atoms with E-state index in [9.17, 15) is 9.59 Å². The maximum absolute atomic E-state index is 12.1. The highest BCUT2D eigenvalue weighted by Crippen LogP contribution is 2.18. The average Bonchev–Trinajstić information content (AvgIpc) is 2.96. The van der Waals surface area contributed by atoms with Gasteiger partial charge in [-0.1, -0.05) is 0 Å². The summed E-state index contributed by atoms with van der Waals surface area (Å²) in [6, 6.07) is 3.15. The van der Waals surface area contributed by atoms with Crippen LogP contribution in [0.15, 0.2) is 30.7 Å². The second-order valence-corrected chi connectivity index (χ2v) is 5.08. The zero-order valence-corrected chi connectivity index (χ0v) is 12.4. The first-order valence-electron chi connectivity index (χ1n) is 6.44. The first-order valence-corrected chi connectivity index (χ1v) is 6.44. The summed E-state index contributed by atoms with van der Waals surface area (Å²) in [6.07, 6.45) is 4.24. The molecule has 2 N–H and O–H groups in total. The Morgan fingerprint density at radius 1 is 1.32 bits per heavy atom. The number of carboxylic acids is 1. The Balaban J connectivity index is 2.12. The van der Waals surface area contributed by atoms with E-state index in [2.05, 4.69) is 15.4 Å². The number of pyridine rings is 1. The minimum Gasteiger partial charge on any atom is -0.481 e. The molecule has 0 atom stereocenters. The summed E-state index contributed by atoms with van der Waals surface area (Å²) in [7, 11) is 1.49. The second kappa shape index (κ2) is 5.84. The molecule has 0 aliphatic heterocycles. The molecule has 0 unspecified atom stereocenters. The lowest BCUT2D eigenvalue weighted by Crippen LogP contribution is -2.35. The minimum absolute atomic E-state index is 0.353. The van der Waals surface area contributed by atoms with Crippen LogP contribution in [0.1, 0.15) is 24.2 Å². The van der Waals surface area contributed by atoms with Crippen molar-refractivity contribution in [1.29, 1.82) is 0 Å². The maximum atomic E-state index is 12.1. The smallest absolute Gasteiger partial charge is 0.331 e. The number of ether oxygens (including phenoxy) is 1. The molecule has 0 fully saturated rings. The number of carbonyl (C=O) groups is 2. The van der Waals surface area contributed by atoms with Crippen LogP contribution in [-0.4, -0.2) is 38.9 Å². The van der Waals surface area contributed by atoms with Crippen molar-refractivity contribution in [3.63, 3.8) is 0 Å². The van der Waals surface area contributed by atoms with E-state index in [-0.39, 0.29) is 5.91 Å². The number of amides is 1. The molecule has 0 aliphatic rings. The van der Waals surface area contributed by atoms with Gasteiger partial charge < -0.3 is 15.2 Å². The normalized spacial score (nSPS) is 11.0. The lowest BCUT2D eigenvalue weighted by Gasteiger charge is -2.19. The lowest BCUT2D eigenvalue weighted by atomic mass is 10.1. The second-order valence-electron chi connectivity index (χ2n) is 5.08. The first kappa shape index (κ1) is 15.5. The molecule has 2 rings (SSSR count). The zero-order chi connectivity index (χ0) is 16.3. The van der Waals surface area contributed by atoms with Gasteiger partial charge in [0, 0.05) is 18.5 Å². The first-order chi connectivity index (χ1) is 10.3. The molecule has 0 saturated carbocycles. The third-order valence-corrected chi connectivity index (χ3v) is 3.14. The van der Waals surface area contributed by atoms with Gasteiger partial charge in [-0.3, -0.25) is 9.48 Å². The molecule has 0 spiro atoms. The van der Waals surface area contributed by atoms with Crippen LogP contribution in [0.4, 0.5) is 5.69 Å². The maximum Gasteiger partial charge on any atom is 0.331 e. The van der Waals surface area contributed by atoms with Gasteiger partial charge in [-0.2, -0.15) is 5.10 Å². The van der Waals surface area contributed by atoms with Crippen LogP contribution >= 0.6 is 0 Å². The number of hydrogen-bond donors (Lipinski definition) is 2. The molecule has 0 aromatic carbocycles. The number of nitrogens with one attached hydrogen (secondary N) is 1. The van der Waals surface area contributed by atoms with Crippen molar-refractivity contribution in [2.45, 2.75) is 19.4 Å². The number of aliphatic carboxylic acids is 1. The number of carbonyl (C=O) groups excluding carboxylic acids is 1. The predicted molar refractivity (Wildman–Crippen MR) is 77.9 cm³/mol. The number of methoxy groups -OCH3 is 1. The zero-order valence-electron chi connectivity index (χ0n) is 12.4. The molecule has 0 saturated heterocycles. The molecule has 0 radical (unpaired) electrons. The van der Waals surface area contributed by atoms with Gasteiger partial charge in [-0.15, -0.1) is 0 Å². The average molecular weight is 304 g/mol. The van der Waals surface area contributed by atoms with Crippen molar-refractivity contribution >= 4 is 17.6 Å². The Hall–Kier alpha value is -2.90. The van der Waals surface area contributed by atoms with E-state index in [1.54, 1.807) is 12.1 Å². The van der Waals surface area contributed by atoms with Crippen molar-refractivity contribution in [1.82, 2.24) is 14.8 Å². The number of aromatic nitrogens is 3. The molecule has 2 aromatic rings. The number of carboxylic acid groups (broad SMARTS) is 1. The summed E-state index contributed by atoms with van der Waals surface area (Å²) >= 11 is 0. The molecule has 0 bridgehead atoms. The molecular formula is C14H16N4O4. The third-order valence-electron chi connectivity index (χ3n) is 3.14. The van der Waals surface area contributed by atoms with Crippen LogP contribution in [-0.2, 0) is 10.3 Å². The fourth-order valence-electron chi connectivity index (χ4n) is 1.63. The van der Waals surface area contributed by atoms with E-state index in [4.69, 9.17) is 9.84 Å². The van der Waals surface area contributed by atoms with Crippen LogP contribution in [0.2, 0.25) is 0 Å². The van der Waals surface area contributed by atoms with E-state index in [1.165, 1.54) is 44.2 Å². The fourth-order valence-corrected chi connectivity index (χ4v) is 1.63. The molecular weight excluding hydrogens is 288 g/mol. The highest BCUT2D eigenvalue weighted by atomic mass is 16.5. The van der Waals surface area contributed by atoms with Crippen molar-refractivity contribution in [3.8, 4) is 5.88 Å². The van der Waals surface area contributed by atoms with Crippen molar-refractivity contribution in [2.24, 2.45) is 0 Å². The van der Waals surface area contributed by atoms with Crippen molar-refractivity contribution < 1.29 is 19.4 Å². The standard InChI is InChI=1S/C14H16N4O4/c1-14(2,13(20)21)18-8-10(7-16-18)17-12(19)9-4-5-11(22-3)15-6-9/h4-8H,1-3H3,(H,17,19)(H,20,21). The molecule has 22 heavy (non-hydrogen) atoms. The van der Waals surface area contributed by atoms with E-state index in [0.717, 1.165) is 0 Å². The van der Waals surface area contributed by atoms with Crippen LogP contribution in [0, 0.1) is 0 Å². The van der Waals surface area contributed by atoms with Crippen LogP contribution in [0.25, 0.3) is 0 Å². The monoisotopic (exact) mass is 304 g/mol. The van der Waals surface area contributed by atoms with Crippen LogP contribution < -0.4 is 10.1 Å². The number of nitrogens with zero attached hydrogens (tertiary/aromatic N) is 3. The minimum atomic E-state index is -1.20. The Bertz CT molecular complexity index is 691. The predicted octanol–water partition coefficient (Wildman–Crippen LogP) is 1.36. The highest BCUT2D eigenvalue weighted by Gasteiger charge is 2.30. The summed E-state index contributed by atoms with van der Waals surface area (Å²) in [4.78, 5) is 27.2. The highest BCUT2D eigenvalue weighted by molar-refractivity contribution is 6.03. The molecule has 2 heterocycles. The summed E-state index contributed by atoms with van der Waals surface area (Å²) in [5.41, 5.74) is -0.453. The third kappa shape index (κ3) is 3.05. The molecule has 8 nitrogen and oxygen atoms in total. The van der Waals surface area contributed by atoms with E-state index in [1.807, 2.05) is 0 Å². The van der Waals surface area contributed by atoms with Crippen molar-refractivity contribution in [2.75, 3.05) is 12.4 Å². The molecule has 0 aliphatic carbocycles. The van der Waals surface area contributed by atoms with Gasteiger partial charge in [0.1, 0.15) is 0 Å². The quantitative estimate of drug-likeness (QED) is 0.863. The van der Waals surface area contributed by atoms with E-state index < -0.39 is 11.5 Å². The Kier molecular flexibility index (Phi) is 4.11. The van der Waals surface area contributed by atoms with Crippen LogP contribution in [0.3, 0.4) is 0 Å². The molecule has 1 amide bonds. The van der Waals surface area contributed by atoms with Gasteiger partial charge in [0.25, 0.3) is 5.91 Å². The van der Waals surface area contributed by atoms with Gasteiger partial charge in [-0.05, 0) is 19.9 Å². The number of anilines is 1. The summed E-state index contributed by atoms with van der Waals surface area (Å²) in [6.45, 7) is 3.03. The molecule has 8 heteroatoms. The number of hydrogen-bond acceptors (Lipinski definition) is 5. The van der Waals surface area contributed by atoms with E-state index in [0.29, 0.717) is 17.1 Å². The summed E-state index contributed by atoms with van der Waals surface area (Å²) < 4.78 is 6.19.